The number of anilines is 1. The Morgan fingerprint density at radius 1 is 1.42 bits per heavy atom. The van der Waals surface area contributed by atoms with Gasteiger partial charge in [-0.05, 0) is 12.1 Å². The Morgan fingerprint density at radius 3 is 2.83 bits per heavy atom. The molecule has 6 heteroatoms. The molecule has 1 aromatic heterocycles. The van der Waals surface area contributed by atoms with Crippen LogP contribution in [0.25, 0.3) is 0 Å². The van der Waals surface area contributed by atoms with Gasteiger partial charge < -0.3 is 15.0 Å². The molecule has 2 aromatic rings. The number of benzene rings is 1. The van der Waals surface area contributed by atoms with Crippen molar-refractivity contribution < 1.29 is 9.53 Å². The van der Waals surface area contributed by atoms with Gasteiger partial charge in [-0.15, -0.1) is 11.3 Å². The minimum absolute atomic E-state index is 0.0520. The highest BCUT2D eigenvalue weighted by Crippen LogP contribution is 2.34. The molecule has 3 rings (SSSR count). The number of aromatic nitrogens is 1. The molecule has 0 fully saturated rings. The molecule has 1 aliphatic rings. The maximum atomic E-state index is 12.0. The van der Waals surface area contributed by atoms with Crippen LogP contribution >= 0.6 is 11.3 Å². The van der Waals surface area contributed by atoms with Crippen LogP contribution in [0, 0.1) is 0 Å². The number of rotatable bonds is 3. The Hall–Kier alpha value is -2.08. The standard InChI is InChI=1S/C18H23N3O2S/c1-18(2,3)17-20-12(11-24-17)9-21-10-15(16(22)19-4)23-14-8-6-5-7-13(14)21/h5-8,11,15H,9-10H2,1-4H3,(H,19,22). The molecule has 0 saturated heterocycles. The van der Waals surface area contributed by atoms with E-state index in [1.54, 1.807) is 18.4 Å². The van der Waals surface area contributed by atoms with Crippen LogP contribution in [-0.2, 0) is 16.8 Å². The highest BCUT2D eigenvalue weighted by atomic mass is 32.1. The van der Waals surface area contributed by atoms with Crippen molar-refractivity contribution in [1.82, 2.24) is 10.3 Å². The molecule has 0 radical (unpaired) electrons. The van der Waals surface area contributed by atoms with Gasteiger partial charge in [0.2, 0.25) is 0 Å². The Labute approximate surface area is 146 Å². The zero-order valence-corrected chi connectivity index (χ0v) is 15.3. The molecule has 0 bridgehead atoms. The Bertz CT molecular complexity index is 736. The topological polar surface area (TPSA) is 54.5 Å². The number of para-hydroxylation sites is 2. The van der Waals surface area contributed by atoms with Gasteiger partial charge in [0.1, 0.15) is 5.75 Å². The van der Waals surface area contributed by atoms with E-state index in [1.165, 1.54) is 0 Å². The molecular weight excluding hydrogens is 322 g/mol. The molecule has 0 saturated carbocycles. The number of ether oxygens (including phenoxy) is 1. The van der Waals surface area contributed by atoms with Gasteiger partial charge in [-0.3, -0.25) is 4.79 Å². The second-order valence-corrected chi connectivity index (χ2v) is 7.82. The lowest BCUT2D eigenvalue weighted by Crippen LogP contribution is -2.48. The van der Waals surface area contributed by atoms with E-state index in [1.807, 2.05) is 24.3 Å². The first-order valence-corrected chi connectivity index (χ1v) is 8.93. The predicted molar refractivity (Wildman–Crippen MR) is 96.8 cm³/mol. The summed E-state index contributed by atoms with van der Waals surface area (Å²) in [7, 11) is 1.63. The first kappa shape index (κ1) is 16.8. The van der Waals surface area contributed by atoms with Crippen molar-refractivity contribution in [2.24, 2.45) is 0 Å². The maximum absolute atomic E-state index is 12.0. The molecule has 0 spiro atoms. The van der Waals surface area contributed by atoms with E-state index >= 15 is 0 Å². The number of likely N-dealkylation sites (N-methyl/N-ethyl adjacent to an activating group) is 1. The zero-order chi connectivity index (χ0) is 17.3. The number of nitrogens with zero attached hydrogens (tertiary/aromatic N) is 2. The molecule has 5 nitrogen and oxygen atoms in total. The molecule has 1 aromatic carbocycles. The smallest absolute Gasteiger partial charge is 0.262 e. The molecule has 1 amide bonds. The number of carbonyl (C=O) groups is 1. The third kappa shape index (κ3) is 3.38. The van der Waals surface area contributed by atoms with E-state index in [4.69, 9.17) is 9.72 Å². The van der Waals surface area contributed by atoms with Crippen molar-refractivity contribution in [2.75, 3.05) is 18.5 Å². The number of nitrogens with one attached hydrogen (secondary N) is 1. The summed E-state index contributed by atoms with van der Waals surface area (Å²) in [6.45, 7) is 7.68. The van der Waals surface area contributed by atoms with Crippen molar-refractivity contribution in [3.63, 3.8) is 0 Å². The highest BCUT2D eigenvalue weighted by Gasteiger charge is 2.30. The minimum atomic E-state index is -0.509. The van der Waals surface area contributed by atoms with Crippen molar-refractivity contribution >= 4 is 22.9 Å². The van der Waals surface area contributed by atoms with Crippen molar-refractivity contribution in [3.8, 4) is 5.75 Å². The van der Waals surface area contributed by atoms with Gasteiger partial charge in [0, 0.05) is 17.8 Å². The lowest BCUT2D eigenvalue weighted by atomic mass is 9.98. The Kier molecular flexibility index (Phi) is 4.49. The van der Waals surface area contributed by atoms with Crippen LogP contribution in [0.5, 0.6) is 5.75 Å². The quantitative estimate of drug-likeness (QED) is 0.929. The van der Waals surface area contributed by atoms with Gasteiger partial charge in [-0.25, -0.2) is 4.98 Å². The van der Waals surface area contributed by atoms with Gasteiger partial charge >= 0.3 is 0 Å². The molecule has 1 aliphatic heterocycles. The van der Waals surface area contributed by atoms with Gasteiger partial charge in [0.05, 0.1) is 29.5 Å². The summed E-state index contributed by atoms with van der Waals surface area (Å²) in [5.41, 5.74) is 2.08. The van der Waals surface area contributed by atoms with Crippen LogP contribution in [0.15, 0.2) is 29.6 Å². The fourth-order valence-corrected chi connectivity index (χ4v) is 3.57. The molecule has 128 valence electrons. The molecule has 24 heavy (non-hydrogen) atoms. The summed E-state index contributed by atoms with van der Waals surface area (Å²) in [6.07, 6.45) is -0.509. The van der Waals surface area contributed by atoms with Crippen molar-refractivity contribution in [1.29, 1.82) is 0 Å². The third-order valence-corrected chi connectivity index (χ3v) is 5.26. The summed E-state index contributed by atoms with van der Waals surface area (Å²) < 4.78 is 5.84. The maximum Gasteiger partial charge on any atom is 0.262 e. The molecule has 0 aliphatic carbocycles. The van der Waals surface area contributed by atoms with Gasteiger partial charge in [0.25, 0.3) is 5.91 Å². The van der Waals surface area contributed by atoms with E-state index in [2.05, 4.69) is 36.4 Å². The minimum Gasteiger partial charge on any atom is -0.477 e. The first-order chi connectivity index (χ1) is 11.4. The van der Waals surface area contributed by atoms with Crippen LogP contribution in [0.4, 0.5) is 5.69 Å². The molecule has 1 N–H and O–H groups in total. The van der Waals surface area contributed by atoms with E-state index in [9.17, 15) is 4.79 Å². The first-order valence-electron chi connectivity index (χ1n) is 8.05. The number of thiazole rings is 1. The van der Waals surface area contributed by atoms with E-state index in [-0.39, 0.29) is 11.3 Å². The van der Waals surface area contributed by atoms with Crippen LogP contribution in [0.1, 0.15) is 31.5 Å². The van der Waals surface area contributed by atoms with Gasteiger partial charge in [-0.2, -0.15) is 0 Å². The average Bonchev–Trinajstić information content (AvgIpc) is 3.03. The summed E-state index contributed by atoms with van der Waals surface area (Å²) >= 11 is 1.69. The lowest BCUT2D eigenvalue weighted by Gasteiger charge is -2.35. The fourth-order valence-electron chi connectivity index (χ4n) is 2.67. The number of hydrogen-bond acceptors (Lipinski definition) is 5. The number of fused-ring (bicyclic) bond motifs is 1. The highest BCUT2D eigenvalue weighted by molar-refractivity contribution is 7.09. The van der Waals surface area contributed by atoms with Crippen LogP contribution < -0.4 is 15.0 Å². The summed E-state index contributed by atoms with van der Waals surface area (Å²) in [6, 6.07) is 7.83. The molecule has 2 heterocycles. The summed E-state index contributed by atoms with van der Waals surface area (Å²) in [4.78, 5) is 19.0. The normalized spacial score (nSPS) is 17.2. The zero-order valence-electron chi connectivity index (χ0n) is 14.5. The Balaban J connectivity index is 1.86. The van der Waals surface area contributed by atoms with Crippen LogP contribution in [0.2, 0.25) is 0 Å². The average molecular weight is 345 g/mol. The SMILES string of the molecule is CNC(=O)C1CN(Cc2csc(C(C)(C)C)n2)c2ccccc2O1. The Morgan fingerprint density at radius 2 is 2.17 bits per heavy atom. The number of hydrogen-bond donors (Lipinski definition) is 1. The van der Waals surface area contributed by atoms with Gasteiger partial charge in [0.15, 0.2) is 6.10 Å². The summed E-state index contributed by atoms with van der Waals surface area (Å²) in [5, 5.41) is 5.90. The van der Waals surface area contributed by atoms with E-state index < -0.39 is 6.10 Å². The third-order valence-electron chi connectivity index (χ3n) is 3.95. The monoisotopic (exact) mass is 345 g/mol. The predicted octanol–water partition coefficient (Wildman–Crippen LogP) is 2.95. The number of amides is 1. The van der Waals surface area contributed by atoms with Crippen LogP contribution in [-0.4, -0.2) is 30.6 Å². The second-order valence-electron chi connectivity index (χ2n) is 6.96. The number of carbonyl (C=O) groups excluding carboxylic acids is 1. The van der Waals surface area contributed by atoms with Gasteiger partial charge in [-0.1, -0.05) is 32.9 Å². The van der Waals surface area contributed by atoms with Crippen molar-refractivity contribution in [3.05, 3.63) is 40.3 Å². The molecule has 1 unspecified atom stereocenters. The van der Waals surface area contributed by atoms with Crippen molar-refractivity contribution in [2.45, 2.75) is 38.8 Å². The second kappa shape index (κ2) is 6.43. The van der Waals surface area contributed by atoms with E-state index in [0.717, 1.165) is 22.1 Å². The largest absolute Gasteiger partial charge is 0.477 e. The molecule has 1 atom stereocenters. The lowest BCUT2D eigenvalue weighted by molar-refractivity contribution is -0.127. The fraction of sp³-hybridized carbons (Fsp3) is 0.444. The van der Waals surface area contributed by atoms with E-state index in [0.29, 0.717) is 13.1 Å². The summed E-state index contributed by atoms with van der Waals surface area (Å²) in [5.74, 6) is 0.631. The van der Waals surface area contributed by atoms with Crippen LogP contribution in [0.3, 0.4) is 0 Å². The molecular formula is C18H23N3O2S.